The molecule has 9 nitrogen and oxygen atoms in total. The van der Waals surface area contributed by atoms with E-state index >= 15 is 0 Å². The molecule has 3 aromatic carbocycles. The number of nitrogens with two attached hydrogens (primary N) is 1. The van der Waals surface area contributed by atoms with Crippen molar-refractivity contribution < 1.29 is 18.7 Å². The summed E-state index contributed by atoms with van der Waals surface area (Å²) in [5, 5.41) is 17.5. The highest BCUT2D eigenvalue weighted by molar-refractivity contribution is 6.19. The van der Waals surface area contributed by atoms with Crippen molar-refractivity contribution in [1.29, 1.82) is 10.8 Å². The molecule has 1 fully saturated rings. The molecule has 0 spiro atoms. The number of carbonyl (C=O) groups excluding carboxylic acids is 1. The zero-order valence-corrected chi connectivity index (χ0v) is 20.0. The van der Waals surface area contributed by atoms with Gasteiger partial charge in [0.15, 0.2) is 0 Å². The van der Waals surface area contributed by atoms with Gasteiger partial charge in [0.25, 0.3) is 6.02 Å². The fourth-order valence-electron chi connectivity index (χ4n) is 4.02. The van der Waals surface area contributed by atoms with Crippen LogP contribution in [-0.4, -0.2) is 56.4 Å². The Morgan fingerprint density at radius 1 is 1.00 bits per heavy atom. The van der Waals surface area contributed by atoms with Gasteiger partial charge in [0.2, 0.25) is 11.8 Å². The molecule has 1 amide bonds. The number of para-hydroxylation sites is 2. The summed E-state index contributed by atoms with van der Waals surface area (Å²) in [6.45, 7) is 2.91. The number of anilines is 2. The molecule has 2 heterocycles. The van der Waals surface area contributed by atoms with Gasteiger partial charge in [-0.3, -0.25) is 20.6 Å². The fourth-order valence-corrected chi connectivity index (χ4v) is 4.02. The molecule has 2 aliphatic rings. The lowest BCUT2D eigenvalue weighted by atomic mass is 10.0. The zero-order valence-electron chi connectivity index (χ0n) is 20.0. The topological polar surface area (TPSA) is 137 Å². The lowest BCUT2D eigenvalue weighted by Crippen LogP contribution is -2.37. The minimum atomic E-state index is -0.475. The van der Waals surface area contributed by atoms with E-state index in [0.717, 1.165) is 24.3 Å². The van der Waals surface area contributed by atoms with E-state index in [-0.39, 0.29) is 24.0 Å². The lowest BCUT2D eigenvalue weighted by Gasteiger charge is -2.30. The summed E-state index contributed by atoms with van der Waals surface area (Å²) < 4.78 is 24.0. The first-order chi connectivity index (χ1) is 17.9. The highest BCUT2D eigenvalue weighted by Gasteiger charge is 2.20. The van der Waals surface area contributed by atoms with Gasteiger partial charge in [-0.15, -0.1) is 0 Å². The quantitative estimate of drug-likeness (QED) is 0.322. The van der Waals surface area contributed by atoms with E-state index in [1.54, 1.807) is 18.2 Å². The molecule has 0 aliphatic carbocycles. The number of hydrogen-bond donors (Lipinski definition) is 4. The van der Waals surface area contributed by atoms with Crippen molar-refractivity contribution in [3.05, 3.63) is 95.3 Å². The van der Waals surface area contributed by atoms with Crippen LogP contribution in [0, 0.1) is 16.6 Å². The molecule has 10 heteroatoms. The Morgan fingerprint density at radius 2 is 1.70 bits per heavy atom. The van der Waals surface area contributed by atoms with Crippen LogP contribution < -0.4 is 16.0 Å². The average molecular weight is 503 g/mol. The van der Waals surface area contributed by atoms with E-state index in [0.29, 0.717) is 30.1 Å². The van der Waals surface area contributed by atoms with Crippen LogP contribution in [-0.2, 0) is 14.3 Å². The number of rotatable bonds is 3. The Bertz CT molecular complexity index is 1320. The van der Waals surface area contributed by atoms with Crippen molar-refractivity contribution in [2.75, 3.05) is 43.1 Å². The number of ether oxygens (including phenoxy) is 2. The Labute approximate surface area is 213 Å². The predicted octanol–water partition coefficient (Wildman–Crippen LogP) is 3.37. The third-order valence-electron chi connectivity index (χ3n) is 5.67. The number of aliphatic imine (C=N–C) groups is 1. The maximum atomic E-state index is 13.8. The Balaban J connectivity index is 0.000000173. The molecule has 190 valence electrons. The monoisotopic (exact) mass is 502 g/mol. The first kappa shape index (κ1) is 25.5. The molecule has 0 unspecified atom stereocenters. The number of benzene rings is 3. The predicted molar refractivity (Wildman–Crippen MR) is 141 cm³/mol. The van der Waals surface area contributed by atoms with Crippen molar-refractivity contribution in [3.63, 3.8) is 0 Å². The van der Waals surface area contributed by atoms with Crippen molar-refractivity contribution in [2.45, 2.75) is 0 Å². The number of amides is 1. The maximum absolute atomic E-state index is 13.8. The number of amidine groups is 1. The Kier molecular flexibility index (Phi) is 8.22. The van der Waals surface area contributed by atoms with Crippen LogP contribution >= 0.6 is 0 Å². The number of benzodiazepines with no additional fused rings is 1. The fraction of sp³-hybridized carbons (Fsp3) is 0.185. The van der Waals surface area contributed by atoms with E-state index in [2.05, 4.69) is 15.2 Å². The molecule has 2 aliphatic heterocycles. The molecule has 0 bridgehead atoms. The maximum Gasteiger partial charge on any atom is 0.285 e. The van der Waals surface area contributed by atoms with Crippen LogP contribution in [0.4, 0.5) is 15.8 Å². The largest absolute Gasteiger partial charge is 0.407 e. The van der Waals surface area contributed by atoms with Gasteiger partial charge in [-0.05, 0) is 18.2 Å². The second kappa shape index (κ2) is 11.9. The van der Waals surface area contributed by atoms with Gasteiger partial charge in [-0.2, -0.15) is 0 Å². The van der Waals surface area contributed by atoms with Gasteiger partial charge in [0.1, 0.15) is 12.4 Å². The van der Waals surface area contributed by atoms with Gasteiger partial charge in [-0.1, -0.05) is 54.6 Å². The van der Waals surface area contributed by atoms with E-state index in [1.807, 2.05) is 48.5 Å². The van der Waals surface area contributed by atoms with Crippen LogP contribution in [0.2, 0.25) is 0 Å². The number of fused-ring (bicyclic) bond motifs is 1. The summed E-state index contributed by atoms with van der Waals surface area (Å²) in [7, 11) is 0. The summed E-state index contributed by atoms with van der Waals surface area (Å²) in [4.78, 5) is 18.0. The van der Waals surface area contributed by atoms with Gasteiger partial charge in [0.05, 0.1) is 30.2 Å². The Morgan fingerprint density at radius 3 is 2.43 bits per heavy atom. The molecule has 0 atom stereocenters. The number of carbonyl (C=O) groups is 1. The molecule has 0 aromatic heterocycles. The summed E-state index contributed by atoms with van der Waals surface area (Å²) in [6, 6.07) is 21.1. The standard InChI is InChI=1S/C15H11FN2O.C12H16N4O2/c16-12-8-4-7-11-14(10-5-2-1-3-6-10)17-9-13(19)18-15(11)12;13-11(18-12(14)15)9-3-1-2-4-10(9)16-5-7-17-8-6-16/h1-8H,9H2,(H,18,19);1-4,13H,5-8H2,(H3,14,15). The van der Waals surface area contributed by atoms with Crippen LogP contribution in [0.3, 0.4) is 0 Å². The minimum absolute atomic E-state index is 0.00164. The first-order valence-corrected chi connectivity index (χ1v) is 11.6. The van der Waals surface area contributed by atoms with Crippen LogP contribution in [0.15, 0.2) is 77.8 Å². The molecule has 3 aromatic rings. The molecule has 0 saturated carbocycles. The first-order valence-electron chi connectivity index (χ1n) is 11.6. The average Bonchev–Trinajstić information content (AvgIpc) is 3.09. The van der Waals surface area contributed by atoms with Crippen LogP contribution in [0.1, 0.15) is 16.7 Å². The normalized spacial score (nSPS) is 14.7. The number of morpholine rings is 1. The lowest BCUT2D eigenvalue weighted by molar-refractivity contribution is -0.114. The highest BCUT2D eigenvalue weighted by Crippen LogP contribution is 2.25. The molecule has 1 saturated heterocycles. The second-order valence-electron chi connectivity index (χ2n) is 8.15. The summed E-state index contributed by atoms with van der Waals surface area (Å²) in [5.74, 6) is -0.863. The highest BCUT2D eigenvalue weighted by atomic mass is 19.1. The third kappa shape index (κ3) is 6.36. The van der Waals surface area contributed by atoms with Crippen LogP contribution in [0.5, 0.6) is 0 Å². The van der Waals surface area contributed by atoms with Gasteiger partial charge < -0.3 is 25.4 Å². The van der Waals surface area contributed by atoms with E-state index in [4.69, 9.17) is 26.0 Å². The second-order valence-corrected chi connectivity index (χ2v) is 8.15. The smallest absolute Gasteiger partial charge is 0.285 e. The Hall–Kier alpha value is -4.57. The summed E-state index contributed by atoms with van der Waals surface area (Å²) >= 11 is 0. The minimum Gasteiger partial charge on any atom is -0.407 e. The molecule has 5 N–H and O–H groups in total. The third-order valence-corrected chi connectivity index (χ3v) is 5.67. The van der Waals surface area contributed by atoms with Crippen LogP contribution in [0.25, 0.3) is 0 Å². The molecular weight excluding hydrogens is 475 g/mol. The van der Waals surface area contributed by atoms with E-state index in [9.17, 15) is 9.18 Å². The van der Waals surface area contributed by atoms with Crippen molar-refractivity contribution in [2.24, 2.45) is 10.7 Å². The summed E-state index contributed by atoms with van der Waals surface area (Å²) in [5.41, 5.74) is 9.00. The summed E-state index contributed by atoms with van der Waals surface area (Å²) in [6.07, 6.45) is 0. The van der Waals surface area contributed by atoms with Gasteiger partial charge >= 0.3 is 0 Å². The number of hydrogen-bond acceptors (Lipinski definition) is 7. The van der Waals surface area contributed by atoms with Gasteiger partial charge in [-0.25, -0.2) is 4.39 Å². The molecule has 0 radical (unpaired) electrons. The zero-order chi connectivity index (χ0) is 26.2. The number of nitrogens with one attached hydrogen (secondary N) is 3. The van der Waals surface area contributed by atoms with E-state index in [1.165, 1.54) is 6.07 Å². The van der Waals surface area contributed by atoms with Crippen molar-refractivity contribution in [1.82, 2.24) is 0 Å². The van der Waals surface area contributed by atoms with Crippen molar-refractivity contribution in [3.8, 4) is 0 Å². The SMILES string of the molecule is N=C(N)OC(=N)c1ccccc1N1CCOCC1.O=C1CN=C(c2ccccc2)c2cccc(F)c2N1. The number of nitrogens with zero attached hydrogens (tertiary/aromatic N) is 2. The number of halogens is 1. The van der Waals surface area contributed by atoms with Crippen molar-refractivity contribution >= 4 is 34.9 Å². The van der Waals surface area contributed by atoms with Gasteiger partial charge in [0, 0.05) is 29.9 Å². The van der Waals surface area contributed by atoms with E-state index < -0.39 is 11.8 Å². The molecular formula is C27H27FN6O3. The molecule has 37 heavy (non-hydrogen) atoms. The molecule has 5 rings (SSSR count).